The van der Waals surface area contributed by atoms with Gasteiger partial charge >= 0.3 is 0 Å². The highest BCUT2D eigenvalue weighted by Gasteiger charge is 2.46. The van der Waals surface area contributed by atoms with Crippen LogP contribution in [0.25, 0.3) is 5.76 Å². The minimum atomic E-state index is -0.691. The van der Waals surface area contributed by atoms with Gasteiger partial charge in [0.25, 0.3) is 11.7 Å². The minimum Gasteiger partial charge on any atom is -0.507 e. The summed E-state index contributed by atoms with van der Waals surface area (Å²) in [6, 6.07) is 9.93. The SMILES string of the molecule is CCOc1cccc(/C(O)=C2\C(=O)C(=O)N(CCOC)C2c2cccs2)c1. The number of aliphatic hydroxyl groups is 1. The highest BCUT2D eigenvalue weighted by atomic mass is 32.1. The lowest BCUT2D eigenvalue weighted by atomic mass is 10.00. The third-order valence-corrected chi connectivity index (χ3v) is 5.23. The van der Waals surface area contributed by atoms with E-state index in [4.69, 9.17) is 9.47 Å². The third kappa shape index (κ3) is 3.74. The molecule has 1 unspecified atom stereocenters. The molecule has 0 radical (unpaired) electrons. The van der Waals surface area contributed by atoms with Crippen LogP contribution in [0.5, 0.6) is 5.75 Å². The van der Waals surface area contributed by atoms with E-state index >= 15 is 0 Å². The second-order valence-corrected chi connectivity index (χ2v) is 6.94. The van der Waals surface area contributed by atoms with Gasteiger partial charge in [0.05, 0.1) is 24.8 Å². The van der Waals surface area contributed by atoms with Crippen molar-refractivity contribution in [2.75, 3.05) is 26.9 Å². The molecule has 1 fully saturated rings. The van der Waals surface area contributed by atoms with Crippen molar-refractivity contribution in [1.82, 2.24) is 4.90 Å². The maximum atomic E-state index is 12.7. The molecule has 1 aliphatic rings. The number of ketones is 1. The molecule has 1 aromatic heterocycles. The van der Waals surface area contributed by atoms with Gasteiger partial charge in [0.2, 0.25) is 0 Å². The van der Waals surface area contributed by atoms with Crippen molar-refractivity contribution in [3.8, 4) is 5.75 Å². The summed E-state index contributed by atoms with van der Waals surface area (Å²) < 4.78 is 10.5. The topological polar surface area (TPSA) is 76.1 Å². The van der Waals surface area contributed by atoms with Crippen LogP contribution >= 0.6 is 11.3 Å². The number of hydrogen-bond acceptors (Lipinski definition) is 6. The van der Waals surface area contributed by atoms with E-state index in [9.17, 15) is 14.7 Å². The molecule has 0 aliphatic carbocycles. The van der Waals surface area contributed by atoms with Crippen LogP contribution in [0.3, 0.4) is 0 Å². The number of methoxy groups -OCH3 is 1. The zero-order valence-electron chi connectivity index (χ0n) is 15.2. The third-order valence-electron chi connectivity index (χ3n) is 4.31. The first-order chi connectivity index (χ1) is 13.1. The Morgan fingerprint density at radius 2 is 2.07 bits per heavy atom. The number of amides is 1. The van der Waals surface area contributed by atoms with Crippen molar-refractivity contribution in [2.45, 2.75) is 13.0 Å². The number of benzene rings is 1. The predicted molar refractivity (Wildman–Crippen MR) is 103 cm³/mol. The number of Topliss-reactive ketones (excluding diaryl/α,β-unsaturated/α-hetero) is 1. The summed E-state index contributed by atoms with van der Waals surface area (Å²) in [5, 5.41) is 12.8. The van der Waals surface area contributed by atoms with E-state index in [2.05, 4.69) is 0 Å². The number of aliphatic hydroxyl groups excluding tert-OH is 1. The fourth-order valence-electron chi connectivity index (χ4n) is 3.10. The van der Waals surface area contributed by atoms with E-state index in [0.29, 0.717) is 24.5 Å². The molecule has 1 aromatic carbocycles. The maximum Gasteiger partial charge on any atom is 0.295 e. The molecule has 142 valence electrons. The molecule has 1 aliphatic heterocycles. The Balaban J connectivity index is 2.10. The lowest BCUT2D eigenvalue weighted by molar-refractivity contribution is -0.140. The number of thiophene rings is 1. The monoisotopic (exact) mass is 387 g/mol. The number of rotatable bonds is 7. The number of likely N-dealkylation sites (tertiary alicyclic amines) is 1. The fourth-order valence-corrected chi connectivity index (χ4v) is 3.94. The molecule has 0 bridgehead atoms. The number of carbonyl (C=O) groups excluding carboxylic acids is 2. The highest BCUT2D eigenvalue weighted by Crippen LogP contribution is 2.41. The molecule has 7 heteroatoms. The molecule has 1 N–H and O–H groups in total. The Morgan fingerprint density at radius 1 is 1.26 bits per heavy atom. The number of ether oxygens (including phenoxy) is 2. The number of hydrogen-bond donors (Lipinski definition) is 1. The number of nitrogens with zero attached hydrogens (tertiary/aromatic N) is 1. The Bertz CT molecular complexity index is 859. The molecule has 1 atom stereocenters. The van der Waals surface area contributed by atoms with Crippen molar-refractivity contribution in [3.63, 3.8) is 0 Å². The molecule has 0 saturated carbocycles. The summed E-state index contributed by atoms with van der Waals surface area (Å²) in [7, 11) is 1.54. The maximum absolute atomic E-state index is 12.7. The van der Waals surface area contributed by atoms with E-state index in [1.54, 1.807) is 24.3 Å². The van der Waals surface area contributed by atoms with Crippen LogP contribution in [0.15, 0.2) is 47.4 Å². The Labute approximate surface area is 161 Å². The van der Waals surface area contributed by atoms with Crippen LogP contribution in [-0.4, -0.2) is 48.6 Å². The lowest BCUT2D eigenvalue weighted by Gasteiger charge is -2.23. The van der Waals surface area contributed by atoms with E-state index in [0.717, 1.165) is 4.88 Å². The number of carbonyl (C=O) groups is 2. The van der Waals surface area contributed by atoms with Crippen molar-refractivity contribution < 1.29 is 24.2 Å². The van der Waals surface area contributed by atoms with E-state index in [-0.39, 0.29) is 17.9 Å². The second kappa shape index (κ2) is 8.37. The van der Waals surface area contributed by atoms with Crippen molar-refractivity contribution in [3.05, 3.63) is 57.8 Å². The van der Waals surface area contributed by atoms with Crippen LogP contribution in [0.2, 0.25) is 0 Å². The molecule has 2 heterocycles. The fraction of sp³-hybridized carbons (Fsp3) is 0.300. The normalized spacial score (nSPS) is 18.9. The molecule has 3 rings (SSSR count). The molecule has 2 aromatic rings. The van der Waals surface area contributed by atoms with Crippen LogP contribution in [0.1, 0.15) is 23.4 Å². The van der Waals surface area contributed by atoms with Gasteiger partial charge < -0.3 is 19.5 Å². The quantitative estimate of drug-likeness (QED) is 0.448. The first-order valence-corrected chi connectivity index (χ1v) is 9.50. The zero-order valence-corrected chi connectivity index (χ0v) is 16.0. The minimum absolute atomic E-state index is 0.0900. The summed E-state index contributed by atoms with van der Waals surface area (Å²) >= 11 is 1.43. The van der Waals surface area contributed by atoms with E-state index in [1.165, 1.54) is 23.3 Å². The lowest BCUT2D eigenvalue weighted by Crippen LogP contribution is -2.32. The second-order valence-electron chi connectivity index (χ2n) is 5.96. The summed E-state index contributed by atoms with van der Waals surface area (Å²) in [5.41, 5.74) is 0.527. The summed E-state index contributed by atoms with van der Waals surface area (Å²) in [6.07, 6.45) is 0. The van der Waals surface area contributed by atoms with Gasteiger partial charge in [-0.1, -0.05) is 18.2 Å². The molecule has 1 saturated heterocycles. The molecular formula is C20H21NO5S. The van der Waals surface area contributed by atoms with Crippen molar-refractivity contribution in [1.29, 1.82) is 0 Å². The summed E-state index contributed by atoms with van der Waals surface area (Å²) in [5.74, 6) is -0.937. The Morgan fingerprint density at radius 3 is 2.74 bits per heavy atom. The molecule has 0 spiro atoms. The molecule has 27 heavy (non-hydrogen) atoms. The van der Waals surface area contributed by atoms with Crippen LogP contribution in [0, 0.1) is 0 Å². The molecule has 1 amide bonds. The van der Waals surface area contributed by atoms with E-state index < -0.39 is 17.7 Å². The van der Waals surface area contributed by atoms with Gasteiger partial charge in [-0.3, -0.25) is 9.59 Å². The average molecular weight is 387 g/mol. The average Bonchev–Trinajstić information content (AvgIpc) is 3.28. The van der Waals surface area contributed by atoms with Gasteiger partial charge in [0.15, 0.2) is 0 Å². The standard InChI is InChI=1S/C20H21NO5S/c1-3-26-14-7-4-6-13(12-14)18(22)16-17(15-8-5-11-27-15)21(9-10-25-2)20(24)19(16)23/h4-8,11-12,17,22H,3,9-10H2,1-2H3/b18-16+. The van der Waals surface area contributed by atoms with Crippen molar-refractivity contribution >= 4 is 28.8 Å². The Kier molecular flexibility index (Phi) is 5.93. The highest BCUT2D eigenvalue weighted by molar-refractivity contribution is 7.10. The molecule has 6 nitrogen and oxygen atoms in total. The smallest absolute Gasteiger partial charge is 0.295 e. The summed E-state index contributed by atoms with van der Waals surface area (Å²) in [6.45, 7) is 2.92. The van der Waals surface area contributed by atoms with Gasteiger partial charge in [-0.2, -0.15) is 0 Å². The largest absolute Gasteiger partial charge is 0.507 e. The van der Waals surface area contributed by atoms with Gasteiger partial charge in [-0.25, -0.2) is 0 Å². The summed E-state index contributed by atoms with van der Waals surface area (Å²) in [4.78, 5) is 27.6. The van der Waals surface area contributed by atoms with Crippen LogP contribution < -0.4 is 4.74 Å². The molecular weight excluding hydrogens is 366 g/mol. The van der Waals surface area contributed by atoms with Crippen LogP contribution in [-0.2, 0) is 14.3 Å². The van der Waals surface area contributed by atoms with Gasteiger partial charge in [0, 0.05) is 24.1 Å². The predicted octanol–water partition coefficient (Wildman–Crippen LogP) is 3.21. The Hall–Kier alpha value is -2.64. The first-order valence-electron chi connectivity index (χ1n) is 8.62. The van der Waals surface area contributed by atoms with E-state index in [1.807, 2.05) is 24.4 Å². The first kappa shape index (κ1) is 19.1. The van der Waals surface area contributed by atoms with Gasteiger partial charge in [-0.05, 0) is 30.5 Å². The van der Waals surface area contributed by atoms with Crippen LogP contribution in [0.4, 0.5) is 0 Å². The van der Waals surface area contributed by atoms with Gasteiger partial charge in [-0.15, -0.1) is 11.3 Å². The zero-order chi connectivity index (χ0) is 19.4. The van der Waals surface area contributed by atoms with Crippen molar-refractivity contribution in [2.24, 2.45) is 0 Å². The van der Waals surface area contributed by atoms with Gasteiger partial charge in [0.1, 0.15) is 11.5 Å².